The first-order valence-electron chi connectivity index (χ1n) is 15.5. The number of ether oxygens (including phenoxy) is 2. The van der Waals surface area contributed by atoms with Crippen LogP contribution in [0.4, 0.5) is 0 Å². The molecule has 2 aliphatic rings. The fraction of sp³-hybridized carbons (Fsp3) is 0.459. The van der Waals surface area contributed by atoms with Crippen molar-refractivity contribution in [1.82, 2.24) is 5.32 Å². The van der Waals surface area contributed by atoms with Crippen molar-refractivity contribution in [3.05, 3.63) is 87.5 Å². The van der Waals surface area contributed by atoms with Gasteiger partial charge >= 0.3 is 5.97 Å². The molecule has 5 nitrogen and oxygen atoms in total. The van der Waals surface area contributed by atoms with Gasteiger partial charge in [0.05, 0.1) is 20.1 Å². The van der Waals surface area contributed by atoms with Gasteiger partial charge in [0.1, 0.15) is 5.75 Å². The molecule has 1 saturated carbocycles. The maximum Gasteiger partial charge on any atom is 0.306 e. The van der Waals surface area contributed by atoms with Crippen molar-refractivity contribution in [3.8, 4) is 16.9 Å². The molecule has 2 aliphatic carbocycles. The van der Waals surface area contributed by atoms with Gasteiger partial charge in [-0.15, -0.1) is 0 Å². The molecule has 1 N–H and O–H groups in total. The Balaban J connectivity index is 1.25. The van der Waals surface area contributed by atoms with Crippen molar-refractivity contribution < 1.29 is 19.1 Å². The van der Waals surface area contributed by atoms with Crippen LogP contribution in [0.25, 0.3) is 11.1 Å². The van der Waals surface area contributed by atoms with Crippen LogP contribution in [0.5, 0.6) is 5.75 Å². The van der Waals surface area contributed by atoms with Gasteiger partial charge in [0.15, 0.2) is 0 Å². The Labute approximate surface area is 251 Å². The van der Waals surface area contributed by atoms with Gasteiger partial charge in [0, 0.05) is 18.9 Å². The van der Waals surface area contributed by atoms with E-state index in [9.17, 15) is 9.59 Å². The summed E-state index contributed by atoms with van der Waals surface area (Å²) in [5.41, 5.74) is 12.2. The zero-order valence-corrected chi connectivity index (χ0v) is 25.9. The molecule has 0 heterocycles. The maximum absolute atomic E-state index is 12.1. The molecule has 3 aromatic carbocycles. The first-order chi connectivity index (χ1) is 20.2. The molecule has 1 spiro atoms. The minimum Gasteiger partial charge on any atom is -0.494 e. The third-order valence-corrected chi connectivity index (χ3v) is 9.49. The minimum atomic E-state index is -0.0970. The molecular weight excluding hydrogens is 522 g/mol. The number of fused-ring (bicyclic) bond motifs is 1. The van der Waals surface area contributed by atoms with E-state index in [4.69, 9.17) is 9.47 Å². The number of hydrogen-bond donors (Lipinski definition) is 1. The number of benzene rings is 3. The highest BCUT2D eigenvalue weighted by molar-refractivity contribution is 5.76. The highest BCUT2D eigenvalue weighted by Gasteiger charge is 2.54. The second-order valence-electron chi connectivity index (χ2n) is 12.3. The Bertz CT molecular complexity index is 1450. The molecule has 5 heteroatoms. The van der Waals surface area contributed by atoms with E-state index in [1.165, 1.54) is 70.0 Å². The largest absolute Gasteiger partial charge is 0.494 e. The van der Waals surface area contributed by atoms with Crippen molar-refractivity contribution in [2.75, 3.05) is 20.3 Å². The Morgan fingerprint density at radius 1 is 1.00 bits per heavy atom. The molecule has 0 aliphatic heterocycles. The number of esters is 1. The smallest absolute Gasteiger partial charge is 0.306 e. The van der Waals surface area contributed by atoms with Gasteiger partial charge in [-0.05, 0) is 127 Å². The average Bonchev–Trinajstić information content (AvgIpc) is 3.69. The molecular formula is C37H45NO4. The zero-order valence-electron chi connectivity index (χ0n) is 25.9. The summed E-state index contributed by atoms with van der Waals surface area (Å²) in [6, 6.07) is 17.9. The SMILES string of the molecule is CCC(=O)NCCCOc1cc(C)c(-c2cccc(CCc3ccc4c(c3)CC3(CC3)C4CC(=O)OC)c2C)c(C)c1. The fourth-order valence-electron chi connectivity index (χ4n) is 6.95. The van der Waals surface area contributed by atoms with Crippen LogP contribution in [0.2, 0.25) is 0 Å². The molecule has 1 fully saturated rings. The standard InChI is InChI=1S/C37H45NO4/c1-6-34(39)38-17-8-18-42-30-19-24(2)36(25(3)20-30)31-10-7-9-28(26(31)4)13-11-27-12-14-32-29(21-27)23-37(15-16-37)33(32)22-35(40)41-5/h7,9-10,12,14,19-21,33H,6,8,11,13,15-18,22-23H2,1-5H3,(H,38,39). The van der Waals surface area contributed by atoms with Crippen molar-refractivity contribution in [3.63, 3.8) is 0 Å². The Morgan fingerprint density at radius 3 is 2.45 bits per heavy atom. The number of hydrogen-bond acceptors (Lipinski definition) is 4. The second-order valence-corrected chi connectivity index (χ2v) is 12.3. The number of methoxy groups -OCH3 is 1. The van der Waals surface area contributed by atoms with Crippen LogP contribution >= 0.6 is 0 Å². The van der Waals surface area contributed by atoms with Crippen molar-refractivity contribution >= 4 is 11.9 Å². The first kappa shape index (κ1) is 29.9. The van der Waals surface area contributed by atoms with Crippen molar-refractivity contribution in [2.24, 2.45) is 5.41 Å². The monoisotopic (exact) mass is 567 g/mol. The van der Waals surface area contributed by atoms with Crippen LogP contribution in [0, 0.1) is 26.2 Å². The lowest BCUT2D eigenvalue weighted by Gasteiger charge is -2.18. The Kier molecular flexibility index (Phi) is 9.05. The summed E-state index contributed by atoms with van der Waals surface area (Å²) >= 11 is 0. The van der Waals surface area contributed by atoms with E-state index in [-0.39, 0.29) is 11.9 Å². The number of aryl methyl sites for hydroxylation is 4. The molecule has 0 saturated heterocycles. The molecule has 1 amide bonds. The summed E-state index contributed by atoms with van der Waals surface area (Å²) < 4.78 is 11.0. The van der Waals surface area contributed by atoms with Gasteiger partial charge in [-0.25, -0.2) is 0 Å². The van der Waals surface area contributed by atoms with Crippen molar-refractivity contribution in [2.45, 2.75) is 85.0 Å². The Hall–Kier alpha value is -3.60. The maximum atomic E-state index is 12.1. The van der Waals surface area contributed by atoms with Gasteiger partial charge < -0.3 is 14.8 Å². The van der Waals surface area contributed by atoms with E-state index >= 15 is 0 Å². The topological polar surface area (TPSA) is 64.6 Å². The van der Waals surface area contributed by atoms with Crippen LogP contribution < -0.4 is 10.1 Å². The first-order valence-corrected chi connectivity index (χ1v) is 15.5. The highest BCUT2D eigenvalue weighted by Crippen LogP contribution is 2.64. The lowest BCUT2D eigenvalue weighted by molar-refractivity contribution is -0.141. The van der Waals surface area contributed by atoms with E-state index < -0.39 is 0 Å². The predicted octanol–water partition coefficient (Wildman–Crippen LogP) is 7.34. The number of nitrogens with one attached hydrogen (secondary N) is 1. The lowest BCUT2D eigenvalue weighted by Crippen LogP contribution is -2.24. The van der Waals surface area contributed by atoms with Gasteiger partial charge in [-0.3, -0.25) is 9.59 Å². The summed E-state index contributed by atoms with van der Waals surface area (Å²) in [7, 11) is 1.49. The number of amides is 1. The van der Waals surface area contributed by atoms with Crippen LogP contribution in [0.1, 0.15) is 83.9 Å². The quantitative estimate of drug-likeness (QED) is 0.184. The molecule has 0 radical (unpaired) electrons. The highest BCUT2D eigenvalue weighted by atomic mass is 16.5. The van der Waals surface area contributed by atoms with Gasteiger partial charge in [0.25, 0.3) is 0 Å². The third-order valence-electron chi connectivity index (χ3n) is 9.49. The minimum absolute atomic E-state index is 0.0769. The third kappa shape index (κ3) is 6.40. The van der Waals surface area contributed by atoms with E-state index in [1.807, 2.05) is 6.92 Å². The van der Waals surface area contributed by atoms with Gasteiger partial charge in [0.2, 0.25) is 5.91 Å². The summed E-state index contributed by atoms with van der Waals surface area (Å²) in [6.07, 6.45) is 7.31. The zero-order chi connectivity index (χ0) is 29.9. The molecule has 1 unspecified atom stereocenters. The van der Waals surface area contributed by atoms with Gasteiger partial charge in [-0.2, -0.15) is 0 Å². The molecule has 3 aromatic rings. The number of carbonyl (C=O) groups excluding carboxylic acids is 2. The molecule has 0 aromatic heterocycles. The Morgan fingerprint density at radius 2 is 1.76 bits per heavy atom. The summed E-state index contributed by atoms with van der Waals surface area (Å²) in [4.78, 5) is 23.5. The van der Waals surface area contributed by atoms with E-state index in [2.05, 4.69) is 74.6 Å². The van der Waals surface area contributed by atoms with Crippen molar-refractivity contribution in [1.29, 1.82) is 0 Å². The fourth-order valence-corrected chi connectivity index (χ4v) is 6.95. The molecule has 0 bridgehead atoms. The summed E-state index contributed by atoms with van der Waals surface area (Å²) in [6.45, 7) is 9.64. The molecule has 5 rings (SSSR count). The summed E-state index contributed by atoms with van der Waals surface area (Å²) in [5.74, 6) is 1.17. The van der Waals surface area contributed by atoms with Gasteiger partial charge in [-0.1, -0.05) is 43.3 Å². The summed E-state index contributed by atoms with van der Waals surface area (Å²) in [5, 5.41) is 2.90. The average molecular weight is 568 g/mol. The second kappa shape index (κ2) is 12.7. The predicted molar refractivity (Wildman–Crippen MR) is 168 cm³/mol. The number of rotatable bonds is 12. The normalized spacial score (nSPS) is 16.3. The molecule has 1 atom stereocenters. The van der Waals surface area contributed by atoms with Crippen LogP contribution in [0.15, 0.2) is 48.5 Å². The van der Waals surface area contributed by atoms with E-state index in [0.717, 1.165) is 31.4 Å². The van der Waals surface area contributed by atoms with Crippen LogP contribution in [-0.2, 0) is 33.6 Å². The molecule has 222 valence electrons. The number of carbonyl (C=O) groups is 2. The van der Waals surface area contributed by atoms with Crippen LogP contribution in [-0.4, -0.2) is 32.1 Å². The lowest BCUT2D eigenvalue weighted by atomic mass is 9.86. The van der Waals surface area contributed by atoms with Crippen LogP contribution in [0.3, 0.4) is 0 Å². The van der Waals surface area contributed by atoms with E-state index in [0.29, 0.717) is 37.3 Å². The van der Waals surface area contributed by atoms with E-state index in [1.54, 1.807) is 0 Å². The molecule has 42 heavy (non-hydrogen) atoms.